The van der Waals surface area contributed by atoms with Crippen molar-refractivity contribution in [3.05, 3.63) is 133 Å². The van der Waals surface area contributed by atoms with Crippen LogP contribution >= 0.6 is 0 Å². The number of benzene rings is 5. The quantitative estimate of drug-likeness (QED) is 0.310. The third kappa shape index (κ3) is 3.23. The van der Waals surface area contributed by atoms with Crippen LogP contribution in [-0.2, 0) is 0 Å². The fourth-order valence-electron chi connectivity index (χ4n) is 5.19. The van der Waals surface area contributed by atoms with Crippen molar-refractivity contribution in [1.82, 2.24) is 0 Å². The number of aryl methyl sites for hydroxylation is 1. The molecule has 0 atom stereocenters. The Bertz CT molecular complexity index is 1450. The molecule has 0 aliphatic heterocycles. The van der Waals surface area contributed by atoms with Gasteiger partial charge in [-0.2, -0.15) is 0 Å². The zero-order chi connectivity index (χ0) is 22.3. The molecule has 0 saturated heterocycles. The normalized spacial score (nSPS) is 11.8. The topological polar surface area (TPSA) is 13.1 Å². The second-order valence-electron chi connectivity index (χ2n) is 8.66. The van der Waals surface area contributed by atoms with Gasteiger partial charge in [-0.3, -0.25) is 0 Å². The van der Waals surface area contributed by atoms with Gasteiger partial charge in [0.05, 0.1) is 0 Å². The van der Waals surface area contributed by atoms with E-state index in [4.69, 9.17) is 4.42 Å². The molecule has 0 radical (unpaired) electrons. The van der Waals surface area contributed by atoms with Gasteiger partial charge in [-0.05, 0) is 0 Å². The van der Waals surface area contributed by atoms with Crippen molar-refractivity contribution in [2.75, 3.05) is 0 Å². The molecule has 0 fully saturated rings. The van der Waals surface area contributed by atoms with Crippen LogP contribution in [0.15, 0.2) is 132 Å². The van der Waals surface area contributed by atoms with Gasteiger partial charge in [0, 0.05) is 0 Å². The van der Waals surface area contributed by atoms with Gasteiger partial charge < -0.3 is 0 Å². The molecule has 0 spiro atoms. The fourth-order valence-corrected chi connectivity index (χ4v) is 15.2. The van der Waals surface area contributed by atoms with E-state index in [1.165, 1.54) is 33.9 Å². The third-order valence-electron chi connectivity index (χ3n) is 6.68. The summed E-state index contributed by atoms with van der Waals surface area (Å²) in [4.78, 5) is 0. The summed E-state index contributed by atoms with van der Waals surface area (Å²) >= 11 is -3.26. The van der Waals surface area contributed by atoms with Crippen molar-refractivity contribution in [2.45, 2.75) is 6.92 Å². The van der Waals surface area contributed by atoms with Gasteiger partial charge in [0.1, 0.15) is 0 Å². The van der Waals surface area contributed by atoms with Crippen molar-refractivity contribution in [3.63, 3.8) is 0 Å². The molecule has 158 valence electrons. The predicted octanol–water partition coefficient (Wildman–Crippen LogP) is 5.27. The van der Waals surface area contributed by atoms with Gasteiger partial charge in [0.15, 0.2) is 0 Å². The Morgan fingerprint density at radius 3 is 1.42 bits per heavy atom. The molecule has 1 heterocycles. The Balaban J connectivity index is 1.75. The summed E-state index contributed by atoms with van der Waals surface area (Å²) in [5, 5.41) is 2.39. The monoisotopic (exact) mass is 486 g/mol. The van der Waals surface area contributed by atoms with Crippen LogP contribution in [0.4, 0.5) is 0 Å². The molecule has 0 aliphatic carbocycles. The zero-order valence-electron chi connectivity index (χ0n) is 18.5. The van der Waals surface area contributed by atoms with E-state index in [9.17, 15) is 0 Å². The fraction of sp³-hybridized carbons (Fsp3) is 0.0323. The molecule has 6 rings (SSSR count). The van der Waals surface area contributed by atoms with E-state index in [-0.39, 0.29) is 0 Å². The molecule has 1 aromatic heterocycles. The summed E-state index contributed by atoms with van der Waals surface area (Å²) in [6.45, 7) is 2.14. The Labute approximate surface area is 196 Å². The second kappa shape index (κ2) is 8.09. The Kier molecular flexibility index (Phi) is 4.92. The average Bonchev–Trinajstić information content (AvgIpc) is 3.24. The van der Waals surface area contributed by atoms with Gasteiger partial charge >= 0.3 is 197 Å². The van der Waals surface area contributed by atoms with Crippen LogP contribution < -0.4 is 17.6 Å². The van der Waals surface area contributed by atoms with Crippen LogP contribution in [0, 0.1) is 6.92 Å². The minimum atomic E-state index is -3.26. The summed E-state index contributed by atoms with van der Waals surface area (Å²) in [5.74, 6) is 0. The molecule has 0 bridgehead atoms. The Morgan fingerprint density at radius 2 is 0.909 bits per heavy atom. The van der Waals surface area contributed by atoms with Crippen molar-refractivity contribution in [2.24, 2.45) is 0 Å². The van der Waals surface area contributed by atoms with Crippen molar-refractivity contribution in [1.29, 1.82) is 0 Å². The van der Waals surface area contributed by atoms with Gasteiger partial charge in [-0.15, -0.1) is 0 Å². The first-order valence-electron chi connectivity index (χ1n) is 11.4. The molecule has 0 unspecified atom stereocenters. The number of fused-ring (bicyclic) bond motifs is 3. The summed E-state index contributed by atoms with van der Waals surface area (Å²) in [5.41, 5.74) is 3.15. The summed E-state index contributed by atoms with van der Waals surface area (Å²) in [6, 6.07) is 46.7. The van der Waals surface area contributed by atoms with Crippen LogP contribution in [0.3, 0.4) is 0 Å². The first kappa shape index (κ1) is 20.1. The van der Waals surface area contributed by atoms with Crippen LogP contribution in [0.2, 0.25) is 0 Å². The average molecular weight is 485 g/mol. The molecule has 6 aromatic rings. The Hall–Kier alpha value is -3.56. The Morgan fingerprint density at radius 1 is 0.455 bits per heavy atom. The van der Waals surface area contributed by atoms with E-state index in [1.54, 1.807) is 0 Å². The van der Waals surface area contributed by atoms with Crippen LogP contribution in [0.1, 0.15) is 5.56 Å². The summed E-state index contributed by atoms with van der Waals surface area (Å²) < 4.78 is 11.9. The van der Waals surface area contributed by atoms with Crippen molar-refractivity contribution >= 4 is 52.8 Å². The van der Waals surface area contributed by atoms with E-state index < -0.39 is 13.3 Å². The summed E-state index contributed by atoms with van der Waals surface area (Å²) in [7, 11) is 0. The second-order valence-corrected chi connectivity index (χ2v) is 16.7. The van der Waals surface area contributed by atoms with Crippen LogP contribution in [0.5, 0.6) is 0 Å². The first-order valence-corrected chi connectivity index (χ1v) is 15.6. The molecule has 1 nitrogen and oxygen atoms in total. The molecule has 0 amide bonds. The predicted molar refractivity (Wildman–Crippen MR) is 142 cm³/mol. The standard InChI is InChI=1S/C31H24GeO/c1-23-17-19-30-28(21-23)29-22-27(18-20-31(29)33-30)32(24-11-5-2-6-12-24,25-13-7-3-8-14-25)26-15-9-4-10-16-26/h2-22H,1H3. The van der Waals surface area contributed by atoms with E-state index in [2.05, 4.69) is 134 Å². The molecule has 0 aliphatic rings. The number of hydrogen-bond acceptors (Lipinski definition) is 1. The number of rotatable bonds is 4. The van der Waals surface area contributed by atoms with Gasteiger partial charge in [-0.1, -0.05) is 0 Å². The van der Waals surface area contributed by atoms with E-state index in [0.717, 1.165) is 11.2 Å². The molecule has 33 heavy (non-hydrogen) atoms. The van der Waals surface area contributed by atoms with E-state index in [1.807, 2.05) is 0 Å². The number of hydrogen-bond donors (Lipinski definition) is 0. The first-order chi connectivity index (χ1) is 16.3. The van der Waals surface area contributed by atoms with Gasteiger partial charge in [0.25, 0.3) is 0 Å². The van der Waals surface area contributed by atoms with E-state index >= 15 is 0 Å². The minimum absolute atomic E-state index is 0.949. The van der Waals surface area contributed by atoms with Crippen LogP contribution in [-0.4, -0.2) is 13.3 Å². The SMILES string of the molecule is Cc1ccc2oc3cc[c]([Ge]([c]4ccccc4)([c]4ccccc4)[c]4ccccc4)cc3c2c1. The van der Waals surface area contributed by atoms with E-state index in [0.29, 0.717) is 0 Å². The summed E-state index contributed by atoms with van der Waals surface area (Å²) in [6.07, 6.45) is 0. The number of furan rings is 1. The molecule has 0 saturated carbocycles. The van der Waals surface area contributed by atoms with Gasteiger partial charge in [-0.25, -0.2) is 0 Å². The molecule has 0 N–H and O–H groups in total. The molecular formula is C31H24GeO. The third-order valence-corrected chi connectivity index (χ3v) is 16.7. The zero-order valence-corrected chi connectivity index (χ0v) is 20.6. The van der Waals surface area contributed by atoms with Crippen molar-refractivity contribution in [3.8, 4) is 0 Å². The van der Waals surface area contributed by atoms with Crippen LogP contribution in [0.25, 0.3) is 21.9 Å². The maximum absolute atomic E-state index is 6.21. The van der Waals surface area contributed by atoms with Gasteiger partial charge in [0.2, 0.25) is 0 Å². The molecule has 5 aromatic carbocycles. The molecular weight excluding hydrogens is 461 g/mol. The molecule has 2 heteroatoms. The maximum atomic E-state index is 6.21. The van der Waals surface area contributed by atoms with Crippen molar-refractivity contribution < 1.29 is 4.42 Å².